The molecule has 2 heterocycles. The number of pyridine rings is 2. The lowest BCUT2D eigenvalue weighted by atomic mass is 9.85. The first-order chi connectivity index (χ1) is 15.5. The van der Waals surface area contributed by atoms with Crippen LogP contribution in [0.4, 0.5) is 13.2 Å². The van der Waals surface area contributed by atoms with Gasteiger partial charge < -0.3 is 0 Å². The van der Waals surface area contributed by atoms with Crippen molar-refractivity contribution >= 4 is 0 Å². The van der Waals surface area contributed by atoms with Gasteiger partial charge in [-0.3, -0.25) is 9.97 Å². The van der Waals surface area contributed by atoms with E-state index in [4.69, 9.17) is 5.26 Å². The third-order valence-corrected chi connectivity index (χ3v) is 5.31. The molecule has 32 heavy (non-hydrogen) atoms. The van der Waals surface area contributed by atoms with Gasteiger partial charge in [0.05, 0.1) is 22.9 Å². The van der Waals surface area contributed by atoms with Crippen molar-refractivity contribution in [1.82, 2.24) is 9.97 Å². The van der Waals surface area contributed by atoms with Gasteiger partial charge in [-0.25, -0.2) is 0 Å². The zero-order valence-electron chi connectivity index (χ0n) is 16.9. The molecule has 0 amide bonds. The topological polar surface area (TPSA) is 49.6 Å². The van der Waals surface area contributed by atoms with Crippen LogP contribution >= 0.6 is 0 Å². The Labute approximate surface area is 183 Å². The van der Waals surface area contributed by atoms with Crippen molar-refractivity contribution in [3.05, 3.63) is 119 Å². The minimum absolute atomic E-state index is 0.106. The molecule has 1 atom stereocenters. The Balaban J connectivity index is 1.77. The number of rotatable bonds is 5. The van der Waals surface area contributed by atoms with Crippen LogP contribution in [0.3, 0.4) is 0 Å². The number of aromatic nitrogens is 2. The quantitative estimate of drug-likeness (QED) is 0.368. The SMILES string of the molecule is N#Cc1ccc(C(Cc2cccnc2-c2cccc(C(F)(F)F)c2)c2cccnc2)cc1. The van der Waals surface area contributed by atoms with E-state index in [1.807, 2.05) is 30.3 Å². The average molecular weight is 429 g/mol. The summed E-state index contributed by atoms with van der Waals surface area (Å²) in [4.78, 5) is 8.65. The Bertz CT molecular complexity index is 1240. The Hall–Kier alpha value is -3.98. The first-order valence-corrected chi connectivity index (χ1v) is 9.97. The Morgan fingerprint density at radius 1 is 0.875 bits per heavy atom. The van der Waals surface area contributed by atoms with E-state index >= 15 is 0 Å². The van der Waals surface area contributed by atoms with Crippen molar-refractivity contribution < 1.29 is 13.2 Å². The van der Waals surface area contributed by atoms with Gasteiger partial charge in [0.15, 0.2) is 0 Å². The van der Waals surface area contributed by atoms with Gasteiger partial charge in [0, 0.05) is 30.1 Å². The third kappa shape index (κ3) is 4.68. The smallest absolute Gasteiger partial charge is 0.264 e. The lowest BCUT2D eigenvalue weighted by molar-refractivity contribution is -0.137. The average Bonchev–Trinajstić information content (AvgIpc) is 2.83. The van der Waals surface area contributed by atoms with E-state index in [0.717, 1.165) is 28.8 Å². The van der Waals surface area contributed by atoms with Gasteiger partial charge >= 0.3 is 6.18 Å². The maximum absolute atomic E-state index is 13.2. The number of hydrogen-bond acceptors (Lipinski definition) is 3. The van der Waals surface area contributed by atoms with E-state index in [0.29, 0.717) is 23.2 Å². The van der Waals surface area contributed by atoms with Gasteiger partial charge in [-0.15, -0.1) is 0 Å². The van der Waals surface area contributed by atoms with Crippen LogP contribution in [0.15, 0.2) is 91.4 Å². The minimum Gasteiger partial charge on any atom is -0.264 e. The van der Waals surface area contributed by atoms with Crippen LogP contribution in [-0.4, -0.2) is 9.97 Å². The molecule has 4 rings (SSSR count). The van der Waals surface area contributed by atoms with Crippen LogP contribution in [0.2, 0.25) is 0 Å². The monoisotopic (exact) mass is 429 g/mol. The molecule has 6 heteroatoms. The zero-order chi connectivity index (χ0) is 22.6. The molecule has 0 bridgehead atoms. The second-order valence-corrected chi connectivity index (χ2v) is 7.37. The molecule has 2 aromatic heterocycles. The molecule has 0 aliphatic rings. The second kappa shape index (κ2) is 9.03. The third-order valence-electron chi connectivity index (χ3n) is 5.31. The highest BCUT2D eigenvalue weighted by molar-refractivity contribution is 5.64. The van der Waals surface area contributed by atoms with Gasteiger partial charge in [0.1, 0.15) is 0 Å². The van der Waals surface area contributed by atoms with Crippen molar-refractivity contribution in [2.45, 2.75) is 18.5 Å². The summed E-state index contributed by atoms with van der Waals surface area (Å²) < 4.78 is 39.7. The lowest BCUT2D eigenvalue weighted by Gasteiger charge is -2.20. The van der Waals surface area contributed by atoms with E-state index in [1.165, 1.54) is 6.07 Å². The van der Waals surface area contributed by atoms with E-state index in [1.54, 1.807) is 42.9 Å². The van der Waals surface area contributed by atoms with Crippen molar-refractivity contribution in [2.75, 3.05) is 0 Å². The first-order valence-electron chi connectivity index (χ1n) is 9.97. The molecule has 0 aliphatic heterocycles. The molecule has 0 radical (unpaired) electrons. The Kier molecular flexibility index (Phi) is 6.00. The highest BCUT2D eigenvalue weighted by Crippen LogP contribution is 2.35. The van der Waals surface area contributed by atoms with Crippen LogP contribution in [-0.2, 0) is 12.6 Å². The summed E-state index contributed by atoms with van der Waals surface area (Å²) in [7, 11) is 0. The number of nitrogens with zero attached hydrogens (tertiary/aromatic N) is 3. The molecule has 158 valence electrons. The molecular weight excluding hydrogens is 411 g/mol. The van der Waals surface area contributed by atoms with Crippen molar-refractivity contribution in [2.24, 2.45) is 0 Å². The molecule has 0 aliphatic carbocycles. The normalized spacial score (nSPS) is 12.2. The van der Waals surface area contributed by atoms with Crippen molar-refractivity contribution in [1.29, 1.82) is 5.26 Å². The molecule has 2 aromatic carbocycles. The fourth-order valence-electron chi connectivity index (χ4n) is 3.73. The molecular formula is C26H18F3N3. The lowest BCUT2D eigenvalue weighted by Crippen LogP contribution is -2.08. The predicted octanol–water partition coefficient (Wildman–Crippen LogP) is 6.41. The van der Waals surface area contributed by atoms with Crippen LogP contribution in [0.1, 0.15) is 33.7 Å². The summed E-state index contributed by atoms with van der Waals surface area (Å²) >= 11 is 0. The summed E-state index contributed by atoms with van der Waals surface area (Å²) in [5.74, 6) is -0.106. The molecule has 0 saturated carbocycles. The highest BCUT2D eigenvalue weighted by Gasteiger charge is 2.30. The van der Waals surface area contributed by atoms with Crippen molar-refractivity contribution in [3.63, 3.8) is 0 Å². The highest BCUT2D eigenvalue weighted by atomic mass is 19.4. The Morgan fingerprint density at radius 3 is 2.34 bits per heavy atom. The molecule has 0 spiro atoms. The van der Waals surface area contributed by atoms with Crippen LogP contribution in [0.5, 0.6) is 0 Å². The molecule has 1 unspecified atom stereocenters. The molecule has 4 aromatic rings. The molecule has 0 N–H and O–H groups in total. The minimum atomic E-state index is -4.42. The summed E-state index contributed by atoms with van der Waals surface area (Å²) in [5, 5.41) is 9.11. The maximum atomic E-state index is 13.2. The number of nitriles is 1. The summed E-state index contributed by atoms with van der Waals surface area (Å²) in [6.45, 7) is 0. The van der Waals surface area contributed by atoms with Gasteiger partial charge in [-0.1, -0.05) is 36.4 Å². The first kappa shape index (κ1) is 21.3. The summed E-state index contributed by atoms with van der Waals surface area (Å²) in [5.41, 5.74) is 3.56. The van der Waals surface area contributed by atoms with E-state index < -0.39 is 11.7 Å². The molecule has 0 fully saturated rings. The fourth-order valence-corrected chi connectivity index (χ4v) is 3.73. The zero-order valence-corrected chi connectivity index (χ0v) is 16.9. The fraction of sp³-hybridized carbons (Fsp3) is 0.115. The van der Waals surface area contributed by atoms with Crippen LogP contribution < -0.4 is 0 Å². The van der Waals surface area contributed by atoms with E-state index in [9.17, 15) is 13.2 Å². The molecule has 3 nitrogen and oxygen atoms in total. The Morgan fingerprint density at radius 2 is 1.66 bits per heavy atom. The second-order valence-electron chi connectivity index (χ2n) is 7.37. The predicted molar refractivity (Wildman–Crippen MR) is 116 cm³/mol. The van der Waals surface area contributed by atoms with Gasteiger partial charge in [-0.05, 0) is 59.5 Å². The number of halogens is 3. The van der Waals surface area contributed by atoms with Crippen molar-refractivity contribution in [3.8, 4) is 17.3 Å². The number of benzene rings is 2. The van der Waals surface area contributed by atoms with Gasteiger partial charge in [-0.2, -0.15) is 18.4 Å². The maximum Gasteiger partial charge on any atom is 0.416 e. The number of hydrogen-bond donors (Lipinski definition) is 0. The van der Waals surface area contributed by atoms with Gasteiger partial charge in [0.2, 0.25) is 0 Å². The largest absolute Gasteiger partial charge is 0.416 e. The van der Waals surface area contributed by atoms with Crippen LogP contribution in [0, 0.1) is 11.3 Å². The number of alkyl halides is 3. The van der Waals surface area contributed by atoms with Crippen LogP contribution in [0.25, 0.3) is 11.3 Å². The summed E-state index contributed by atoms with van der Waals surface area (Å²) in [6, 6.07) is 22.1. The standard InChI is InChI=1S/C26H18F3N3/c27-26(28,29)23-7-1-4-20(14-23)25-21(5-3-13-32-25)15-24(22-6-2-12-31-17-22)19-10-8-18(16-30)9-11-19/h1-14,17,24H,15H2. The van der Waals surface area contributed by atoms with E-state index in [2.05, 4.69) is 16.0 Å². The molecule has 0 saturated heterocycles. The van der Waals surface area contributed by atoms with E-state index in [-0.39, 0.29) is 5.92 Å². The van der Waals surface area contributed by atoms with Gasteiger partial charge in [0.25, 0.3) is 0 Å². The summed E-state index contributed by atoms with van der Waals surface area (Å²) in [6.07, 6.45) is 1.14.